The predicted molar refractivity (Wildman–Crippen MR) is 79.9 cm³/mol. The van der Waals surface area contributed by atoms with Crippen molar-refractivity contribution in [2.75, 3.05) is 18.9 Å². The number of imide groups is 1. The molecule has 1 heterocycles. The molecule has 2 rings (SSSR count). The zero-order chi connectivity index (χ0) is 15.5. The molecule has 1 aromatic rings. The van der Waals surface area contributed by atoms with Crippen molar-refractivity contribution in [3.05, 3.63) is 24.3 Å². The quantitative estimate of drug-likeness (QED) is 0.475. The number of benzene rings is 1. The molecule has 1 unspecified atom stereocenters. The number of carbonyl (C=O) groups excluding carboxylic acids is 2. The molecule has 6 nitrogen and oxygen atoms in total. The third-order valence-corrected chi connectivity index (χ3v) is 3.75. The molecular weight excluding hydrogens is 270 g/mol. The largest absolute Gasteiger partial charge is 0.491 e. The first kappa shape index (κ1) is 15.2. The molecule has 6 heteroatoms. The molecule has 1 aliphatic rings. The summed E-state index contributed by atoms with van der Waals surface area (Å²) < 4.78 is 5.55. The molecule has 0 radical (unpaired) electrons. The lowest BCUT2D eigenvalue weighted by atomic mass is 9.99. The number of carbonyl (C=O) groups is 2. The van der Waals surface area contributed by atoms with Gasteiger partial charge < -0.3 is 15.8 Å². The Hall–Kier alpha value is -2.24. The first-order valence-electron chi connectivity index (χ1n) is 7.09. The molecule has 0 aromatic heterocycles. The van der Waals surface area contributed by atoms with Crippen molar-refractivity contribution in [2.24, 2.45) is 0 Å². The molecule has 21 heavy (non-hydrogen) atoms. The minimum absolute atomic E-state index is 0.172. The van der Waals surface area contributed by atoms with E-state index in [1.807, 2.05) is 19.1 Å². The van der Waals surface area contributed by atoms with Gasteiger partial charge in [0.1, 0.15) is 11.3 Å². The standard InChI is InChI=1S/C15H21N3O3/c1-3-15(2)13(19)18(14(20)17-15)9-6-10-21-12-8-5-4-7-11(12)16/h4-5,7-8H,3,6,9-10,16H2,1-2H3,(H,17,20). The Bertz CT molecular complexity index is 547. The summed E-state index contributed by atoms with van der Waals surface area (Å²) in [5.41, 5.74) is 5.57. The van der Waals surface area contributed by atoms with Crippen molar-refractivity contribution in [2.45, 2.75) is 32.2 Å². The number of nitrogen functional groups attached to an aromatic ring is 1. The molecule has 0 aliphatic carbocycles. The van der Waals surface area contributed by atoms with Crippen molar-refractivity contribution >= 4 is 17.6 Å². The van der Waals surface area contributed by atoms with Crippen molar-refractivity contribution in [1.29, 1.82) is 0 Å². The van der Waals surface area contributed by atoms with Crippen molar-refractivity contribution in [1.82, 2.24) is 10.2 Å². The number of hydrogen-bond donors (Lipinski definition) is 2. The fraction of sp³-hybridized carbons (Fsp3) is 0.467. The molecule has 1 saturated heterocycles. The van der Waals surface area contributed by atoms with Gasteiger partial charge in [0.15, 0.2) is 0 Å². The summed E-state index contributed by atoms with van der Waals surface area (Å²) in [5, 5.41) is 2.72. The highest BCUT2D eigenvalue weighted by atomic mass is 16.5. The van der Waals surface area contributed by atoms with Crippen LogP contribution in [0.2, 0.25) is 0 Å². The molecular formula is C15H21N3O3. The number of anilines is 1. The van der Waals surface area contributed by atoms with Crippen molar-refractivity contribution < 1.29 is 14.3 Å². The lowest BCUT2D eigenvalue weighted by Crippen LogP contribution is -2.43. The van der Waals surface area contributed by atoms with Crippen molar-refractivity contribution in [3.8, 4) is 5.75 Å². The minimum Gasteiger partial charge on any atom is -0.491 e. The Morgan fingerprint density at radius 3 is 2.67 bits per heavy atom. The zero-order valence-electron chi connectivity index (χ0n) is 12.4. The topological polar surface area (TPSA) is 84.7 Å². The van der Waals surface area contributed by atoms with Gasteiger partial charge in [-0.3, -0.25) is 9.69 Å². The second kappa shape index (κ2) is 6.03. The number of rotatable bonds is 6. The monoisotopic (exact) mass is 291 g/mol. The summed E-state index contributed by atoms with van der Waals surface area (Å²) >= 11 is 0. The summed E-state index contributed by atoms with van der Waals surface area (Å²) in [4.78, 5) is 25.2. The Labute approximate surface area is 124 Å². The first-order valence-corrected chi connectivity index (χ1v) is 7.09. The van der Waals surface area contributed by atoms with Crippen LogP contribution in [0.15, 0.2) is 24.3 Å². The molecule has 1 atom stereocenters. The number of ether oxygens (including phenoxy) is 1. The smallest absolute Gasteiger partial charge is 0.325 e. The van der Waals surface area contributed by atoms with Crippen LogP contribution in [0, 0.1) is 0 Å². The fourth-order valence-corrected chi connectivity index (χ4v) is 2.21. The highest BCUT2D eigenvalue weighted by Gasteiger charge is 2.45. The van der Waals surface area contributed by atoms with Gasteiger partial charge in [-0.05, 0) is 31.9 Å². The van der Waals surface area contributed by atoms with Crippen LogP contribution in [-0.2, 0) is 4.79 Å². The third kappa shape index (κ3) is 3.09. The molecule has 1 fully saturated rings. The van der Waals surface area contributed by atoms with Crippen LogP contribution in [0.5, 0.6) is 5.75 Å². The number of urea groups is 1. The Morgan fingerprint density at radius 2 is 2.05 bits per heavy atom. The van der Waals surface area contributed by atoms with Gasteiger partial charge in [-0.15, -0.1) is 0 Å². The SMILES string of the molecule is CCC1(C)NC(=O)N(CCCOc2ccccc2N)C1=O. The summed E-state index contributed by atoms with van der Waals surface area (Å²) in [6, 6.07) is 6.90. The fourth-order valence-electron chi connectivity index (χ4n) is 2.21. The molecule has 0 saturated carbocycles. The Morgan fingerprint density at radius 1 is 1.33 bits per heavy atom. The zero-order valence-corrected chi connectivity index (χ0v) is 12.4. The van der Waals surface area contributed by atoms with E-state index in [0.717, 1.165) is 0 Å². The van der Waals surface area contributed by atoms with Gasteiger partial charge in [0.25, 0.3) is 5.91 Å². The molecule has 0 spiro atoms. The number of amides is 3. The normalized spacial score (nSPS) is 21.5. The van der Waals surface area contributed by atoms with Gasteiger partial charge >= 0.3 is 6.03 Å². The number of hydrogen-bond acceptors (Lipinski definition) is 4. The first-order chi connectivity index (χ1) is 9.98. The summed E-state index contributed by atoms with van der Waals surface area (Å²) in [5.74, 6) is 0.447. The second-order valence-corrected chi connectivity index (χ2v) is 5.31. The molecule has 1 aromatic carbocycles. The van der Waals surface area contributed by atoms with E-state index in [2.05, 4.69) is 5.32 Å². The molecule has 1 aliphatic heterocycles. The molecule has 114 valence electrons. The van der Waals surface area contributed by atoms with E-state index in [0.29, 0.717) is 37.4 Å². The van der Waals surface area contributed by atoms with E-state index < -0.39 is 5.54 Å². The number of nitrogens with two attached hydrogens (primary N) is 1. The van der Waals surface area contributed by atoms with Gasteiger partial charge in [0, 0.05) is 6.54 Å². The Balaban J connectivity index is 1.83. The van der Waals surface area contributed by atoms with E-state index in [-0.39, 0.29) is 11.9 Å². The van der Waals surface area contributed by atoms with Crippen LogP contribution in [0.1, 0.15) is 26.7 Å². The Kier molecular flexibility index (Phi) is 4.35. The lowest BCUT2D eigenvalue weighted by molar-refractivity contribution is -0.130. The van der Waals surface area contributed by atoms with E-state index in [1.165, 1.54) is 4.90 Å². The van der Waals surface area contributed by atoms with E-state index >= 15 is 0 Å². The summed E-state index contributed by atoms with van der Waals surface area (Å²) in [7, 11) is 0. The van der Waals surface area contributed by atoms with Gasteiger partial charge in [0.2, 0.25) is 0 Å². The lowest BCUT2D eigenvalue weighted by Gasteiger charge is -2.19. The summed E-state index contributed by atoms with van der Waals surface area (Å²) in [6.45, 7) is 4.36. The van der Waals surface area contributed by atoms with Crippen LogP contribution >= 0.6 is 0 Å². The van der Waals surface area contributed by atoms with Crippen LogP contribution in [-0.4, -0.2) is 35.5 Å². The van der Waals surface area contributed by atoms with Crippen LogP contribution < -0.4 is 15.8 Å². The average molecular weight is 291 g/mol. The minimum atomic E-state index is -0.776. The van der Waals surface area contributed by atoms with Crippen LogP contribution in [0.4, 0.5) is 10.5 Å². The summed E-state index contributed by atoms with van der Waals surface area (Å²) in [6.07, 6.45) is 1.14. The third-order valence-electron chi connectivity index (χ3n) is 3.75. The highest BCUT2D eigenvalue weighted by molar-refractivity contribution is 6.06. The number of para-hydroxylation sites is 2. The van der Waals surface area contributed by atoms with E-state index in [4.69, 9.17) is 10.5 Å². The van der Waals surface area contributed by atoms with Crippen LogP contribution in [0.3, 0.4) is 0 Å². The van der Waals surface area contributed by atoms with E-state index in [9.17, 15) is 9.59 Å². The van der Waals surface area contributed by atoms with Gasteiger partial charge in [0.05, 0.1) is 12.3 Å². The molecule has 0 bridgehead atoms. The van der Waals surface area contributed by atoms with E-state index in [1.54, 1.807) is 19.1 Å². The second-order valence-electron chi connectivity index (χ2n) is 5.31. The maximum absolute atomic E-state index is 12.2. The maximum Gasteiger partial charge on any atom is 0.325 e. The van der Waals surface area contributed by atoms with Gasteiger partial charge in [-0.25, -0.2) is 4.79 Å². The molecule has 3 N–H and O–H groups in total. The molecule has 3 amide bonds. The van der Waals surface area contributed by atoms with Crippen molar-refractivity contribution in [3.63, 3.8) is 0 Å². The number of nitrogens with zero attached hydrogens (tertiary/aromatic N) is 1. The predicted octanol–water partition coefficient (Wildman–Crippen LogP) is 1.76. The average Bonchev–Trinajstić information content (AvgIpc) is 2.68. The number of nitrogens with one attached hydrogen (secondary N) is 1. The van der Waals surface area contributed by atoms with Crippen LogP contribution in [0.25, 0.3) is 0 Å². The highest BCUT2D eigenvalue weighted by Crippen LogP contribution is 2.22. The van der Waals surface area contributed by atoms with Gasteiger partial charge in [-0.2, -0.15) is 0 Å². The van der Waals surface area contributed by atoms with Gasteiger partial charge in [-0.1, -0.05) is 19.1 Å². The maximum atomic E-state index is 12.2.